The van der Waals surface area contributed by atoms with Crippen LogP contribution < -0.4 is 5.69 Å². The van der Waals surface area contributed by atoms with Crippen LogP contribution in [0.3, 0.4) is 0 Å². The van der Waals surface area contributed by atoms with Gasteiger partial charge in [-0.15, -0.1) is 0 Å². The van der Waals surface area contributed by atoms with Gasteiger partial charge in [0.2, 0.25) is 0 Å². The van der Waals surface area contributed by atoms with Crippen LogP contribution in [-0.2, 0) is 13.1 Å². The maximum Gasteiger partial charge on any atom is 0.329 e. The Morgan fingerprint density at radius 2 is 1.93 bits per heavy atom. The molecule has 0 bridgehead atoms. The summed E-state index contributed by atoms with van der Waals surface area (Å²) in [5.74, 6) is 0. The molecule has 0 amide bonds. The molecule has 5 rings (SSSR count). The maximum absolute atomic E-state index is 13.2. The zero-order valence-electron chi connectivity index (χ0n) is 16.1. The van der Waals surface area contributed by atoms with Crippen LogP contribution in [0.25, 0.3) is 21.9 Å². The highest BCUT2D eigenvalue weighted by Gasteiger charge is 2.29. The van der Waals surface area contributed by atoms with Gasteiger partial charge >= 0.3 is 5.69 Å². The van der Waals surface area contributed by atoms with Crippen molar-refractivity contribution >= 4 is 33.5 Å². The normalized spacial score (nSPS) is 14.3. The minimum Gasteiger partial charge on any atom is -0.396 e. The first kappa shape index (κ1) is 18.5. The van der Waals surface area contributed by atoms with Crippen molar-refractivity contribution in [3.05, 3.63) is 63.9 Å². The average Bonchev–Trinajstić information content (AvgIpc) is 3.44. The fourth-order valence-electron chi connectivity index (χ4n) is 4.19. The van der Waals surface area contributed by atoms with Crippen molar-refractivity contribution in [1.82, 2.24) is 18.7 Å². The van der Waals surface area contributed by atoms with E-state index in [0.717, 1.165) is 59.9 Å². The maximum atomic E-state index is 13.2. The van der Waals surface area contributed by atoms with Crippen LogP contribution in [0.15, 0.2) is 47.5 Å². The quantitative estimate of drug-likeness (QED) is 0.469. The number of aliphatic hydroxyl groups excluding tert-OH is 1. The van der Waals surface area contributed by atoms with Gasteiger partial charge in [-0.05, 0) is 49.9 Å². The lowest BCUT2D eigenvalue weighted by Crippen LogP contribution is -2.25. The van der Waals surface area contributed by atoms with Gasteiger partial charge in [0.1, 0.15) is 0 Å². The van der Waals surface area contributed by atoms with Crippen LogP contribution >= 0.6 is 11.6 Å². The van der Waals surface area contributed by atoms with Gasteiger partial charge in [-0.3, -0.25) is 14.1 Å². The van der Waals surface area contributed by atoms with Crippen molar-refractivity contribution in [1.29, 1.82) is 0 Å². The summed E-state index contributed by atoms with van der Waals surface area (Å²) in [6, 6.07) is 10.2. The molecule has 1 aliphatic carbocycles. The topological polar surface area (TPSA) is 65.0 Å². The summed E-state index contributed by atoms with van der Waals surface area (Å²) >= 11 is 6.25. The van der Waals surface area contributed by atoms with E-state index in [1.807, 2.05) is 33.4 Å². The molecule has 0 atom stereocenters. The van der Waals surface area contributed by atoms with Crippen molar-refractivity contribution < 1.29 is 5.11 Å². The highest BCUT2D eigenvalue weighted by atomic mass is 35.5. The Bertz CT molecular complexity index is 1250. The van der Waals surface area contributed by atoms with Crippen LogP contribution in [0.1, 0.15) is 37.4 Å². The molecule has 0 radical (unpaired) electrons. The van der Waals surface area contributed by atoms with E-state index in [1.54, 1.807) is 12.4 Å². The van der Waals surface area contributed by atoms with Crippen LogP contribution in [0.5, 0.6) is 0 Å². The number of hydrogen-bond donors (Lipinski definition) is 1. The third-order valence-corrected chi connectivity index (χ3v) is 5.97. The van der Waals surface area contributed by atoms with E-state index in [9.17, 15) is 9.90 Å². The molecule has 3 aromatic heterocycles. The van der Waals surface area contributed by atoms with Gasteiger partial charge in [0.15, 0.2) is 0 Å². The molecular formula is C22H23ClN4O2. The standard InChI is InChI=1S/C22H23ClN4O2/c23-16-4-3-15-11-18(25(20(15)12-16)9-1-2-10-28)14-26-21-13-24-8-7-19(21)27(22(26)29)17-5-6-17/h3-4,7-8,11-13,17,28H,1-2,5-6,9-10,14H2. The van der Waals surface area contributed by atoms with E-state index in [-0.39, 0.29) is 12.3 Å². The molecule has 3 heterocycles. The molecule has 1 N–H and O–H groups in total. The van der Waals surface area contributed by atoms with Crippen molar-refractivity contribution in [2.24, 2.45) is 0 Å². The molecule has 1 saturated carbocycles. The number of unbranched alkanes of at least 4 members (excludes halogenated alkanes) is 1. The molecule has 1 fully saturated rings. The van der Waals surface area contributed by atoms with Gasteiger partial charge in [0, 0.05) is 47.0 Å². The highest BCUT2D eigenvalue weighted by Crippen LogP contribution is 2.36. The summed E-state index contributed by atoms with van der Waals surface area (Å²) < 4.78 is 5.98. The lowest BCUT2D eigenvalue weighted by atomic mass is 10.2. The van der Waals surface area contributed by atoms with Gasteiger partial charge in [-0.1, -0.05) is 17.7 Å². The highest BCUT2D eigenvalue weighted by molar-refractivity contribution is 6.31. The summed E-state index contributed by atoms with van der Waals surface area (Å²) in [4.78, 5) is 17.5. The first-order chi connectivity index (χ1) is 14.2. The molecule has 0 aliphatic heterocycles. The van der Waals surface area contributed by atoms with E-state index >= 15 is 0 Å². The molecule has 0 saturated heterocycles. The fourth-order valence-corrected chi connectivity index (χ4v) is 4.35. The van der Waals surface area contributed by atoms with Crippen LogP contribution in [-0.4, -0.2) is 30.4 Å². The molecule has 29 heavy (non-hydrogen) atoms. The minimum absolute atomic E-state index is 0.0284. The van der Waals surface area contributed by atoms with Gasteiger partial charge in [0.05, 0.1) is 23.8 Å². The Morgan fingerprint density at radius 3 is 2.72 bits per heavy atom. The summed E-state index contributed by atoms with van der Waals surface area (Å²) in [6.07, 6.45) is 7.25. The van der Waals surface area contributed by atoms with Crippen molar-refractivity contribution in [3.63, 3.8) is 0 Å². The number of aromatic nitrogens is 4. The zero-order valence-corrected chi connectivity index (χ0v) is 16.8. The summed E-state index contributed by atoms with van der Waals surface area (Å²) in [7, 11) is 0. The Hall–Kier alpha value is -2.57. The molecular weight excluding hydrogens is 388 g/mol. The lowest BCUT2D eigenvalue weighted by molar-refractivity contribution is 0.281. The molecule has 6 nitrogen and oxygen atoms in total. The Balaban J connectivity index is 1.63. The lowest BCUT2D eigenvalue weighted by Gasteiger charge is -2.11. The first-order valence-corrected chi connectivity index (χ1v) is 10.5. The van der Waals surface area contributed by atoms with Gasteiger partial charge in [-0.2, -0.15) is 0 Å². The second-order valence-corrected chi connectivity index (χ2v) is 8.19. The number of pyridine rings is 1. The van der Waals surface area contributed by atoms with Crippen LogP contribution in [0, 0.1) is 0 Å². The van der Waals surface area contributed by atoms with E-state index in [4.69, 9.17) is 11.6 Å². The van der Waals surface area contributed by atoms with E-state index < -0.39 is 0 Å². The third kappa shape index (κ3) is 3.26. The second kappa shape index (κ2) is 7.35. The monoisotopic (exact) mass is 410 g/mol. The Labute approximate surface area is 173 Å². The largest absolute Gasteiger partial charge is 0.396 e. The molecule has 0 unspecified atom stereocenters. The molecule has 1 aromatic carbocycles. The summed E-state index contributed by atoms with van der Waals surface area (Å²) in [5.41, 5.74) is 3.97. The van der Waals surface area contributed by atoms with Gasteiger partial charge in [-0.25, -0.2) is 4.79 Å². The number of aryl methyl sites for hydroxylation is 1. The minimum atomic E-state index is 0.0284. The van der Waals surface area contributed by atoms with E-state index in [0.29, 0.717) is 17.6 Å². The zero-order chi connectivity index (χ0) is 20.0. The number of rotatable bonds is 7. The first-order valence-electron chi connectivity index (χ1n) is 10.1. The molecule has 150 valence electrons. The third-order valence-electron chi connectivity index (χ3n) is 5.74. The van der Waals surface area contributed by atoms with Crippen molar-refractivity contribution in [2.75, 3.05) is 6.61 Å². The predicted octanol–water partition coefficient (Wildman–Crippen LogP) is 3.96. The van der Waals surface area contributed by atoms with Gasteiger partial charge in [0.25, 0.3) is 0 Å². The Morgan fingerprint density at radius 1 is 1.07 bits per heavy atom. The number of halogens is 1. The predicted molar refractivity (Wildman–Crippen MR) is 115 cm³/mol. The van der Waals surface area contributed by atoms with Crippen LogP contribution in [0.2, 0.25) is 5.02 Å². The number of aliphatic hydroxyl groups is 1. The van der Waals surface area contributed by atoms with Gasteiger partial charge < -0.3 is 9.67 Å². The fraction of sp³-hybridized carbons (Fsp3) is 0.364. The van der Waals surface area contributed by atoms with Crippen molar-refractivity contribution in [2.45, 2.75) is 44.8 Å². The molecule has 4 aromatic rings. The summed E-state index contributed by atoms with van der Waals surface area (Å²) in [5, 5.41) is 11.0. The summed E-state index contributed by atoms with van der Waals surface area (Å²) in [6.45, 7) is 1.43. The number of hydrogen-bond acceptors (Lipinski definition) is 3. The second-order valence-electron chi connectivity index (χ2n) is 7.76. The number of imidazole rings is 1. The van der Waals surface area contributed by atoms with Crippen LogP contribution in [0.4, 0.5) is 0 Å². The number of benzene rings is 1. The van der Waals surface area contributed by atoms with Crippen molar-refractivity contribution in [3.8, 4) is 0 Å². The Kier molecular flexibility index (Phi) is 4.68. The number of nitrogens with zero attached hydrogens (tertiary/aromatic N) is 4. The molecule has 1 aliphatic rings. The molecule has 7 heteroatoms. The number of fused-ring (bicyclic) bond motifs is 2. The average molecular weight is 411 g/mol. The van der Waals surface area contributed by atoms with E-state index in [1.165, 1.54) is 0 Å². The van der Waals surface area contributed by atoms with E-state index in [2.05, 4.69) is 15.6 Å². The SMILES string of the molecule is O=c1n(Cc2cc3ccc(Cl)cc3n2CCCCO)c2cnccc2n1C1CC1. The molecule has 0 spiro atoms. The smallest absolute Gasteiger partial charge is 0.329 e.